The van der Waals surface area contributed by atoms with E-state index in [1.54, 1.807) is 24.3 Å². The van der Waals surface area contributed by atoms with Gasteiger partial charge in [-0.3, -0.25) is 24.5 Å². The van der Waals surface area contributed by atoms with Gasteiger partial charge in [-0.15, -0.1) is 0 Å². The fourth-order valence-corrected chi connectivity index (χ4v) is 4.33. The van der Waals surface area contributed by atoms with E-state index in [1.807, 2.05) is 0 Å². The second kappa shape index (κ2) is 12.6. The summed E-state index contributed by atoms with van der Waals surface area (Å²) in [5.41, 5.74) is 1.75. The van der Waals surface area contributed by atoms with Gasteiger partial charge in [-0.05, 0) is 60.0 Å². The van der Waals surface area contributed by atoms with Crippen molar-refractivity contribution in [3.8, 4) is 11.5 Å². The van der Waals surface area contributed by atoms with Crippen molar-refractivity contribution >= 4 is 45.1 Å². The molecule has 0 radical (unpaired) electrons. The molecule has 12 heteroatoms. The van der Waals surface area contributed by atoms with E-state index in [4.69, 9.17) is 9.47 Å². The number of ether oxygens (including phenoxy) is 2. The Morgan fingerprint density at radius 2 is 1.51 bits per heavy atom. The minimum absolute atomic E-state index is 0.0157. The largest absolute Gasteiger partial charge is 0.423 e. The van der Waals surface area contributed by atoms with Crippen LogP contribution in [0.4, 0.5) is 11.4 Å². The first-order valence-electron chi connectivity index (χ1n) is 11.5. The van der Waals surface area contributed by atoms with E-state index < -0.39 is 32.6 Å². The van der Waals surface area contributed by atoms with E-state index in [9.17, 15) is 32.9 Å². The second-order valence-electron chi connectivity index (χ2n) is 8.27. The molecule has 3 aromatic rings. The molecule has 0 aliphatic heterocycles. The third-order valence-corrected chi connectivity index (χ3v) is 6.49. The molecule has 0 bridgehead atoms. The summed E-state index contributed by atoms with van der Waals surface area (Å²) in [6, 6.07) is 16.1. The molecule has 0 unspecified atom stereocenters. The molecule has 3 aromatic carbocycles. The van der Waals surface area contributed by atoms with Gasteiger partial charge >= 0.3 is 11.9 Å². The molecule has 39 heavy (non-hydrogen) atoms. The number of non-ortho nitro benzene ring substituents is 1. The normalized spacial score (nSPS) is 11.1. The maximum absolute atomic E-state index is 12.5. The van der Waals surface area contributed by atoms with Crippen molar-refractivity contribution in [2.75, 3.05) is 11.1 Å². The van der Waals surface area contributed by atoms with E-state index in [2.05, 4.69) is 5.32 Å². The van der Waals surface area contributed by atoms with Crippen LogP contribution in [0.15, 0.2) is 72.1 Å². The van der Waals surface area contributed by atoms with Gasteiger partial charge in [-0.25, -0.2) is 8.42 Å². The number of nitro groups is 1. The lowest BCUT2D eigenvalue weighted by Crippen LogP contribution is -2.12. The fourth-order valence-electron chi connectivity index (χ4n) is 3.31. The lowest BCUT2D eigenvalue weighted by Gasteiger charge is -2.09. The molecule has 0 saturated carbocycles. The van der Waals surface area contributed by atoms with Gasteiger partial charge in [-0.1, -0.05) is 18.2 Å². The van der Waals surface area contributed by atoms with Gasteiger partial charge in [0, 0.05) is 42.6 Å². The molecule has 3 rings (SSSR count). The Kier molecular flexibility index (Phi) is 9.29. The summed E-state index contributed by atoms with van der Waals surface area (Å²) < 4.78 is 35.1. The minimum atomic E-state index is -3.61. The van der Waals surface area contributed by atoms with E-state index in [0.29, 0.717) is 11.3 Å². The minimum Gasteiger partial charge on any atom is -0.423 e. The van der Waals surface area contributed by atoms with Crippen LogP contribution >= 0.6 is 0 Å². The van der Waals surface area contributed by atoms with Crippen LogP contribution < -0.4 is 14.8 Å². The monoisotopic (exact) mass is 552 g/mol. The summed E-state index contributed by atoms with van der Waals surface area (Å²) >= 11 is 0. The zero-order valence-electron chi connectivity index (χ0n) is 20.9. The molecule has 202 valence electrons. The fraction of sp³-hybridized carbons (Fsp3) is 0.148. The summed E-state index contributed by atoms with van der Waals surface area (Å²) in [5.74, 6) is -1.84. The van der Waals surface area contributed by atoms with Crippen molar-refractivity contribution in [2.45, 2.75) is 20.3 Å². The van der Waals surface area contributed by atoms with Crippen molar-refractivity contribution in [3.63, 3.8) is 0 Å². The van der Waals surface area contributed by atoms with Gasteiger partial charge in [-0.2, -0.15) is 0 Å². The summed E-state index contributed by atoms with van der Waals surface area (Å²) in [6.45, 7) is 2.38. The van der Waals surface area contributed by atoms with E-state index in [1.165, 1.54) is 62.4 Å². The number of aryl methyl sites for hydroxylation is 1. The third kappa shape index (κ3) is 8.90. The highest BCUT2D eigenvalue weighted by molar-refractivity contribution is 7.94. The molecule has 0 atom stereocenters. The van der Waals surface area contributed by atoms with Crippen molar-refractivity contribution in [3.05, 3.63) is 98.9 Å². The molecule has 1 amide bonds. The lowest BCUT2D eigenvalue weighted by atomic mass is 10.1. The number of esters is 2. The number of carbonyl (C=O) groups excluding carboxylic acids is 3. The number of rotatable bonds is 10. The molecule has 0 heterocycles. The summed E-state index contributed by atoms with van der Waals surface area (Å²) in [7, 11) is -3.61. The maximum Gasteiger partial charge on any atom is 0.308 e. The van der Waals surface area contributed by atoms with Crippen LogP contribution in [0.1, 0.15) is 35.3 Å². The van der Waals surface area contributed by atoms with E-state index in [0.717, 1.165) is 11.0 Å². The van der Waals surface area contributed by atoms with Crippen molar-refractivity contribution < 1.29 is 37.2 Å². The molecule has 11 nitrogen and oxygen atoms in total. The number of benzene rings is 3. The number of hydrogen-bond acceptors (Lipinski definition) is 9. The zero-order chi connectivity index (χ0) is 28.6. The average Bonchev–Trinajstić information content (AvgIpc) is 2.88. The Bertz CT molecular complexity index is 1530. The van der Waals surface area contributed by atoms with Crippen molar-refractivity contribution in [1.29, 1.82) is 0 Å². The summed E-state index contributed by atoms with van der Waals surface area (Å²) in [5, 5.41) is 14.5. The Morgan fingerprint density at radius 3 is 2.10 bits per heavy atom. The number of hydrogen-bond donors (Lipinski definition) is 1. The van der Waals surface area contributed by atoms with Gasteiger partial charge in [0.25, 0.3) is 11.6 Å². The molecule has 0 aliphatic rings. The number of anilines is 1. The average molecular weight is 553 g/mol. The number of sulfone groups is 1. The lowest BCUT2D eigenvalue weighted by molar-refractivity contribution is -0.384. The van der Waals surface area contributed by atoms with E-state index >= 15 is 0 Å². The number of amides is 1. The SMILES string of the molecule is CC(=O)Oc1ccc(/C=C/S(=O)(=O)CCc2ccc(NC(=O)c3ccc([N+](=O)[O-])cc3)cc2)cc1OC(C)=O. The molecule has 1 N–H and O–H groups in total. The third-order valence-electron chi connectivity index (χ3n) is 5.17. The maximum atomic E-state index is 12.5. The van der Waals surface area contributed by atoms with Gasteiger partial charge in [0.05, 0.1) is 10.7 Å². The molecule has 0 fully saturated rings. The zero-order valence-corrected chi connectivity index (χ0v) is 21.8. The molecule has 0 saturated heterocycles. The Labute approximate surface area is 224 Å². The van der Waals surface area contributed by atoms with Crippen LogP contribution in [0.25, 0.3) is 6.08 Å². The molecular weight excluding hydrogens is 528 g/mol. The first-order valence-corrected chi connectivity index (χ1v) is 13.2. The van der Waals surface area contributed by atoms with Crippen LogP contribution in [-0.4, -0.2) is 36.9 Å². The number of nitro benzene ring substituents is 1. The highest BCUT2D eigenvalue weighted by atomic mass is 32.2. The number of nitrogens with one attached hydrogen (secondary N) is 1. The molecule has 0 aromatic heterocycles. The van der Waals surface area contributed by atoms with Crippen LogP contribution in [-0.2, 0) is 25.8 Å². The predicted octanol–water partition coefficient (Wildman–Crippen LogP) is 4.33. The van der Waals surface area contributed by atoms with Crippen molar-refractivity contribution in [2.24, 2.45) is 0 Å². The van der Waals surface area contributed by atoms with Gasteiger partial charge < -0.3 is 14.8 Å². The Morgan fingerprint density at radius 1 is 0.897 bits per heavy atom. The highest BCUT2D eigenvalue weighted by Crippen LogP contribution is 2.29. The standard InChI is InChI=1S/C27H24N2O9S/c1-18(30)37-25-12-5-21(17-26(25)38-19(2)31)14-16-39(35,36)15-13-20-3-8-23(9-4-20)28-27(32)22-6-10-24(11-7-22)29(33)34/h3-12,14,16-17H,13,15H2,1-2H3,(H,28,32)/b16-14+. The summed E-state index contributed by atoms with van der Waals surface area (Å²) in [4.78, 5) is 45.1. The van der Waals surface area contributed by atoms with Crippen LogP contribution in [0, 0.1) is 10.1 Å². The Hall–Kier alpha value is -4.84. The van der Waals surface area contributed by atoms with Gasteiger partial charge in [0.15, 0.2) is 21.3 Å². The predicted molar refractivity (Wildman–Crippen MR) is 143 cm³/mol. The van der Waals surface area contributed by atoms with Gasteiger partial charge in [0.1, 0.15) is 0 Å². The smallest absolute Gasteiger partial charge is 0.308 e. The second-order valence-corrected chi connectivity index (χ2v) is 10.3. The van der Waals surface area contributed by atoms with Crippen LogP contribution in [0.3, 0.4) is 0 Å². The van der Waals surface area contributed by atoms with Crippen LogP contribution in [0.5, 0.6) is 11.5 Å². The topological polar surface area (TPSA) is 159 Å². The first-order chi connectivity index (χ1) is 18.4. The number of nitrogens with zero attached hydrogens (tertiary/aromatic N) is 1. The first kappa shape index (κ1) is 28.7. The van der Waals surface area contributed by atoms with E-state index in [-0.39, 0.29) is 34.9 Å². The summed E-state index contributed by atoms with van der Waals surface area (Å²) in [6.07, 6.45) is 1.56. The Balaban J connectivity index is 1.60. The molecule has 0 aliphatic carbocycles. The molecular formula is C27H24N2O9S. The van der Waals surface area contributed by atoms with Gasteiger partial charge in [0.2, 0.25) is 0 Å². The quantitative estimate of drug-likeness (QED) is 0.167. The van der Waals surface area contributed by atoms with Crippen LogP contribution in [0.2, 0.25) is 0 Å². The molecule has 0 spiro atoms. The highest BCUT2D eigenvalue weighted by Gasteiger charge is 2.13. The van der Waals surface area contributed by atoms with Crippen molar-refractivity contribution in [1.82, 2.24) is 0 Å². The number of carbonyl (C=O) groups is 3.